The molecule has 90 valence electrons. The largest absolute Gasteiger partial charge is 0.439 e. The maximum atomic E-state index is 11.2. The van der Waals surface area contributed by atoms with Crippen LogP contribution in [0.2, 0.25) is 0 Å². The molecule has 6 heteroatoms. The number of oxazole rings is 1. The van der Waals surface area contributed by atoms with Crippen molar-refractivity contribution < 1.29 is 13.9 Å². The number of aromatic nitrogens is 1. The van der Waals surface area contributed by atoms with Gasteiger partial charge in [0, 0.05) is 11.6 Å². The maximum Gasteiger partial charge on any atom is 0.246 e. The molecule has 1 aromatic heterocycles. The number of fused-ring (bicyclic) bond motifs is 1. The van der Waals surface area contributed by atoms with Gasteiger partial charge in [-0.15, -0.1) is 0 Å². The molecule has 0 aliphatic rings. The molecule has 5 nitrogen and oxygen atoms in total. The summed E-state index contributed by atoms with van der Waals surface area (Å²) in [4.78, 5) is 15.4. The first kappa shape index (κ1) is 12.1. The van der Waals surface area contributed by atoms with Crippen molar-refractivity contribution in [3.63, 3.8) is 0 Å². The summed E-state index contributed by atoms with van der Waals surface area (Å²) in [6.07, 6.45) is 0. The lowest BCUT2D eigenvalue weighted by atomic mass is 10.3. The third-order valence-electron chi connectivity index (χ3n) is 2.11. The second kappa shape index (κ2) is 5.29. The molecule has 1 N–H and O–H groups in total. The van der Waals surface area contributed by atoms with Crippen LogP contribution in [0.5, 0.6) is 0 Å². The molecular formula is C11H11BrN2O3. The van der Waals surface area contributed by atoms with Gasteiger partial charge in [-0.05, 0) is 18.2 Å². The van der Waals surface area contributed by atoms with Gasteiger partial charge < -0.3 is 14.5 Å². The SMILES string of the molecule is COCC(=O)NCc1nc2cc(Br)ccc2o1. The summed E-state index contributed by atoms with van der Waals surface area (Å²) in [6.45, 7) is 0.292. The maximum absolute atomic E-state index is 11.2. The van der Waals surface area contributed by atoms with Gasteiger partial charge in [-0.25, -0.2) is 4.98 Å². The molecule has 0 radical (unpaired) electrons. The molecule has 1 aromatic carbocycles. The number of ether oxygens (including phenoxy) is 1. The first-order valence-electron chi connectivity index (χ1n) is 4.99. The van der Waals surface area contributed by atoms with Crippen molar-refractivity contribution in [3.05, 3.63) is 28.6 Å². The van der Waals surface area contributed by atoms with E-state index in [1.807, 2.05) is 18.2 Å². The lowest BCUT2D eigenvalue weighted by Crippen LogP contribution is -2.26. The lowest BCUT2D eigenvalue weighted by molar-refractivity contribution is -0.125. The fourth-order valence-corrected chi connectivity index (χ4v) is 1.73. The molecule has 0 spiro atoms. The number of rotatable bonds is 4. The monoisotopic (exact) mass is 298 g/mol. The van der Waals surface area contributed by atoms with E-state index in [0.717, 1.165) is 9.99 Å². The van der Waals surface area contributed by atoms with Crippen LogP contribution >= 0.6 is 15.9 Å². The summed E-state index contributed by atoms with van der Waals surface area (Å²) in [7, 11) is 1.47. The van der Waals surface area contributed by atoms with Crippen LogP contribution in [0.15, 0.2) is 27.1 Å². The average Bonchev–Trinajstić information content (AvgIpc) is 2.68. The topological polar surface area (TPSA) is 64.4 Å². The summed E-state index contributed by atoms with van der Waals surface area (Å²) >= 11 is 3.36. The Labute approximate surface area is 106 Å². The molecule has 0 fully saturated rings. The van der Waals surface area contributed by atoms with Gasteiger partial charge in [-0.3, -0.25) is 4.79 Å². The number of methoxy groups -OCH3 is 1. The van der Waals surface area contributed by atoms with E-state index < -0.39 is 0 Å². The van der Waals surface area contributed by atoms with Gasteiger partial charge >= 0.3 is 0 Å². The Morgan fingerprint density at radius 3 is 3.18 bits per heavy atom. The molecule has 0 saturated carbocycles. The van der Waals surface area contributed by atoms with Crippen LogP contribution in [0.4, 0.5) is 0 Å². The van der Waals surface area contributed by atoms with E-state index in [1.165, 1.54) is 7.11 Å². The molecule has 0 saturated heterocycles. The van der Waals surface area contributed by atoms with Crippen LogP contribution < -0.4 is 5.32 Å². The number of halogens is 1. The van der Waals surface area contributed by atoms with Crippen molar-refractivity contribution in [2.75, 3.05) is 13.7 Å². The minimum absolute atomic E-state index is 0.0335. The van der Waals surface area contributed by atoms with E-state index in [4.69, 9.17) is 9.15 Å². The minimum atomic E-state index is -0.198. The van der Waals surface area contributed by atoms with Gasteiger partial charge in [0.25, 0.3) is 0 Å². The quantitative estimate of drug-likeness (QED) is 0.936. The highest BCUT2D eigenvalue weighted by Gasteiger charge is 2.07. The van der Waals surface area contributed by atoms with Gasteiger partial charge in [0.2, 0.25) is 11.8 Å². The van der Waals surface area contributed by atoms with Crippen LogP contribution in [0.1, 0.15) is 5.89 Å². The average molecular weight is 299 g/mol. The van der Waals surface area contributed by atoms with Gasteiger partial charge in [-0.2, -0.15) is 0 Å². The Morgan fingerprint density at radius 2 is 2.41 bits per heavy atom. The van der Waals surface area contributed by atoms with Gasteiger partial charge in [-0.1, -0.05) is 15.9 Å². The van der Waals surface area contributed by atoms with Crippen molar-refractivity contribution in [2.45, 2.75) is 6.54 Å². The Hall–Kier alpha value is -1.40. The smallest absolute Gasteiger partial charge is 0.246 e. The van der Waals surface area contributed by atoms with Crippen molar-refractivity contribution in [1.29, 1.82) is 0 Å². The second-order valence-electron chi connectivity index (χ2n) is 3.43. The van der Waals surface area contributed by atoms with Crippen LogP contribution in [-0.2, 0) is 16.1 Å². The van der Waals surface area contributed by atoms with Gasteiger partial charge in [0.05, 0.1) is 6.54 Å². The summed E-state index contributed by atoms with van der Waals surface area (Å²) in [5, 5.41) is 2.64. The molecule has 1 amide bonds. The normalized spacial score (nSPS) is 10.7. The van der Waals surface area contributed by atoms with Crippen LogP contribution in [0, 0.1) is 0 Å². The third kappa shape index (κ3) is 3.04. The van der Waals surface area contributed by atoms with Crippen LogP contribution in [0.25, 0.3) is 11.1 Å². The van der Waals surface area contributed by atoms with E-state index in [-0.39, 0.29) is 19.1 Å². The van der Waals surface area contributed by atoms with Gasteiger partial charge in [0.1, 0.15) is 12.1 Å². The Kier molecular flexibility index (Phi) is 3.75. The Balaban J connectivity index is 2.07. The highest BCUT2D eigenvalue weighted by Crippen LogP contribution is 2.20. The summed E-state index contributed by atoms with van der Waals surface area (Å²) < 4.78 is 11.1. The molecule has 17 heavy (non-hydrogen) atoms. The van der Waals surface area contributed by atoms with E-state index in [2.05, 4.69) is 26.2 Å². The van der Waals surface area contributed by atoms with Gasteiger partial charge in [0.15, 0.2) is 5.58 Å². The number of hydrogen-bond donors (Lipinski definition) is 1. The second-order valence-corrected chi connectivity index (χ2v) is 4.35. The van der Waals surface area contributed by atoms with Crippen LogP contribution in [-0.4, -0.2) is 24.6 Å². The molecule has 0 unspecified atom stereocenters. The molecule has 0 atom stereocenters. The number of nitrogens with zero attached hydrogens (tertiary/aromatic N) is 1. The van der Waals surface area contributed by atoms with Crippen molar-refractivity contribution in [3.8, 4) is 0 Å². The Bertz CT molecular complexity index is 538. The first-order chi connectivity index (χ1) is 8.19. The van der Waals surface area contributed by atoms with Crippen molar-refractivity contribution in [1.82, 2.24) is 10.3 Å². The standard InChI is InChI=1S/C11H11BrN2O3/c1-16-6-10(15)13-5-11-14-8-4-7(12)2-3-9(8)17-11/h2-4H,5-6H2,1H3,(H,13,15). The van der Waals surface area contributed by atoms with Crippen molar-refractivity contribution >= 4 is 32.9 Å². The predicted molar refractivity (Wildman–Crippen MR) is 65.4 cm³/mol. The van der Waals surface area contributed by atoms with E-state index in [9.17, 15) is 4.79 Å². The van der Waals surface area contributed by atoms with E-state index in [0.29, 0.717) is 11.5 Å². The molecular weight excluding hydrogens is 288 g/mol. The molecule has 0 aliphatic carbocycles. The fraction of sp³-hybridized carbons (Fsp3) is 0.273. The molecule has 0 aliphatic heterocycles. The summed E-state index contributed by atoms with van der Waals surface area (Å²) in [6, 6.07) is 5.56. The number of carbonyl (C=O) groups is 1. The minimum Gasteiger partial charge on any atom is -0.439 e. The molecule has 1 heterocycles. The lowest BCUT2D eigenvalue weighted by Gasteiger charge is -1.99. The van der Waals surface area contributed by atoms with Crippen LogP contribution in [0.3, 0.4) is 0 Å². The summed E-state index contributed by atoms with van der Waals surface area (Å²) in [5.41, 5.74) is 1.46. The zero-order valence-corrected chi connectivity index (χ0v) is 10.8. The molecule has 0 bridgehead atoms. The zero-order valence-electron chi connectivity index (χ0n) is 9.20. The van der Waals surface area contributed by atoms with E-state index >= 15 is 0 Å². The number of carbonyl (C=O) groups excluding carboxylic acids is 1. The molecule has 2 rings (SSSR count). The number of amides is 1. The number of nitrogens with one attached hydrogen (secondary N) is 1. The number of hydrogen-bond acceptors (Lipinski definition) is 4. The summed E-state index contributed by atoms with van der Waals surface area (Å²) in [5.74, 6) is 0.276. The predicted octanol–water partition coefficient (Wildman–Crippen LogP) is 1.85. The number of benzene rings is 1. The van der Waals surface area contributed by atoms with E-state index in [1.54, 1.807) is 0 Å². The fourth-order valence-electron chi connectivity index (χ4n) is 1.38. The molecule has 2 aromatic rings. The highest BCUT2D eigenvalue weighted by molar-refractivity contribution is 9.10. The third-order valence-corrected chi connectivity index (χ3v) is 2.60. The first-order valence-corrected chi connectivity index (χ1v) is 5.79. The Morgan fingerprint density at radius 1 is 1.59 bits per heavy atom. The highest BCUT2D eigenvalue weighted by atomic mass is 79.9. The van der Waals surface area contributed by atoms with Crippen molar-refractivity contribution in [2.24, 2.45) is 0 Å². The zero-order chi connectivity index (χ0) is 12.3.